The zero-order valence-corrected chi connectivity index (χ0v) is 20.1. The molecule has 3 saturated carbocycles. The van der Waals surface area contributed by atoms with Gasteiger partial charge in [0.25, 0.3) is 0 Å². The molecule has 35 heavy (non-hydrogen) atoms. The highest BCUT2D eigenvalue weighted by atomic mass is 16.1. The van der Waals surface area contributed by atoms with Crippen molar-refractivity contribution in [3.63, 3.8) is 0 Å². The van der Waals surface area contributed by atoms with E-state index in [1.807, 2.05) is 42.5 Å². The standard InChI is InChI=1S/C30H34N4O/c31-28-7-6-27(26-10-13-32-14-11-26)19-29(28)34-30(35)8-5-21-1-3-22(4-2-21)20-33-12-9-23-15-24-17-25(16-23)18-24/h1-8,10-11,13-14,19,23-25,33H,9,12,15-18,20,31H2,(H,34,35)/b8-5+. The second-order valence-electron chi connectivity index (χ2n) is 10.1. The van der Waals surface area contributed by atoms with E-state index in [2.05, 4.69) is 27.8 Å². The molecule has 3 fully saturated rings. The number of amides is 1. The number of hydrogen-bond donors (Lipinski definition) is 3. The summed E-state index contributed by atoms with van der Waals surface area (Å²) in [6.45, 7) is 1.98. The molecule has 5 heteroatoms. The summed E-state index contributed by atoms with van der Waals surface area (Å²) in [6, 6.07) is 17.8. The number of carbonyl (C=O) groups excluding carboxylic acids is 1. The molecule has 0 aliphatic heterocycles. The third kappa shape index (κ3) is 6.17. The molecule has 0 saturated heterocycles. The second-order valence-corrected chi connectivity index (χ2v) is 10.1. The van der Waals surface area contributed by atoms with E-state index in [9.17, 15) is 4.79 Å². The van der Waals surface area contributed by atoms with Gasteiger partial charge >= 0.3 is 0 Å². The van der Waals surface area contributed by atoms with Crippen LogP contribution in [0.25, 0.3) is 17.2 Å². The molecule has 2 bridgehead atoms. The number of hydrogen-bond acceptors (Lipinski definition) is 4. The predicted molar refractivity (Wildman–Crippen MR) is 143 cm³/mol. The maximum Gasteiger partial charge on any atom is 0.248 e. The minimum absolute atomic E-state index is 0.213. The van der Waals surface area contributed by atoms with E-state index >= 15 is 0 Å². The third-order valence-electron chi connectivity index (χ3n) is 7.46. The van der Waals surface area contributed by atoms with Gasteiger partial charge in [-0.05, 0) is 109 Å². The molecule has 3 aliphatic carbocycles. The molecule has 4 N–H and O–H groups in total. The minimum atomic E-state index is -0.213. The molecule has 2 aromatic carbocycles. The fraction of sp³-hybridized carbons (Fsp3) is 0.333. The fourth-order valence-corrected chi connectivity index (χ4v) is 5.55. The summed E-state index contributed by atoms with van der Waals surface area (Å²) in [5.74, 6) is 2.80. The number of nitrogens with zero attached hydrogens (tertiary/aromatic N) is 1. The molecule has 3 aliphatic rings. The molecule has 0 atom stereocenters. The Morgan fingerprint density at radius 2 is 1.69 bits per heavy atom. The van der Waals surface area contributed by atoms with Crippen molar-refractivity contribution in [3.8, 4) is 11.1 Å². The summed E-state index contributed by atoms with van der Waals surface area (Å²) < 4.78 is 0. The lowest BCUT2D eigenvalue weighted by Gasteiger charge is -2.45. The predicted octanol–water partition coefficient (Wildman–Crippen LogP) is 5.90. The zero-order valence-electron chi connectivity index (χ0n) is 20.1. The zero-order chi connectivity index (χ0) is 24.0. The van der Waals surface area contributed by atoms with Crippen LogP contribution in [-0.4, -0.2) is 17.4 Å². The highest BCUT2D eigenvalue weighted by molar-refractivity contribution is 6.04. The number of nitrogens with one attached hydrogen (secondary N) is 2. The molecular weight excluding hydrogens is 432 g/mol. The van der Waals surface area contributed by atoms with E-state index < -0.39 is 0 Å². The highest BCUT2D eigenvalue weighted by Crippen LogP contribution is 2.48. The molecule has 6 rings (SSSR count). The SMILES string of the molecule is Nc1ccc(-c2ccncc2)cc1NC(=O)/C=C/c1ccc(CNCCC2CC3CC(C2)C3)cc1. The number of fused-ring (bicyclic) bond motifs is 2. The number of anilines is 2. The van der Waals surface area contributed by atoms with Gasteiger partial charge in [0.1, 0.15) is 0 Å². The lowest BCUT2D eigenvalue weighted by atomic mass is 9.61. The average molecular weight is 467 g/mol. The Labute approximate surface area is 207 Å². The molecule has 0 radical (unpaired) electrons. The Hall–Kier alpha value is -3.44. The van der Waals surface area contributed by atoms with Crippen LogP contribution >= 0.6 is 0 Å². The molecule has 0 spiro atoms. The van der Waals surface area contributed by atoms with Gasteiger partial charge in [-0.25, -0.2) is 0 Å². The molecule has 3 aromatic rings. The fourth-order valence-electron chi connectivity index (χ4n) is 5.55. The van der Waals surface area contributed by atoms with Crippen molar-refractivity contribution in [2.45, 2.75) is 38.6 Å². The Balaban J connectivity index is 1.09. The summed E-state index contributed by atoms with van der Waals surface area (Å²) in [4.78, 5) is 16.6. The van der Waals surface area contributed by atoms with Gasteiger partial charge in [-0.2, -0.15) is 0 Å². The molecular formula is C30H34N4O. The first-order valence-electron chi connectivity index (χ1n) is 12.7. The topological polar surface area (TPSA) is 80.0 Å². The number of aromatic nitrogens is 1. The van der Waals surface area contributed by atoms with E-state index in [-0.39, 0.29) is 5.91 Å². The largest absolute Gasteiger partial charge is 0.397 e. The van der Waals surface area contributed by atoms with E-state index in [0.717, 1.165) is 47.5 Å². The highest BCUT2D eigenvalue weighted by Gasteiger charge is 2.37. The van der Waals surface area contributed by atoms with Crippen molar-refractivity contribution in [1.29, 1.82) is 0 Å². The number of nitrogen functional groups attached to an aromatic ring is 1. The van der Waals surface area contributed by atoms with Gasteiger partial charge < -0.3 is 16.4 Å². The van der Waals surface area contributed by atoms with Crippen LogP contribution in [0.2, 0.25) is 0 Å². The Morgan fingerprint density at radius 1 is 0.943 bits per heavy atom. The number of rotatable bonds is 9. The third-order valence-corrected chi connectivity index (χ3v) is 7.46. The van der Waals surface area contributed by atoms with Crippen LogP contribution in [0.4, 0.5) is 11.4 Å². The van der Waals surface area contributed by atoms with Gasteiger partial charge in [-0.1, -0.05) is 30.3 Å². The summed E-state index contributed by atoms with van der Waals surface area (Å²) >= 11 is 0. The maximum absolute atomic E-state index is 12.5. The Morgan fingerprint density at radius 3 is 2.43 bits per heavy atom. The summed E-state index contributed by atoms with van der Waals surface area (Å²) in [5.41, 5.74) is 11.5. The smallest absolute Gasteiger partial charge is 0.248 e. The maximum atomic E-state index is 12.5. The van der Waals surface area contributed by atoms with Crippen molar-refractivity contribution in [2.24, 2.45) is 17.8 Å². The lowest BCUT2D eigenvalue weighted by molar-refractivity contribution is -0.111. The van der Waals surface area contributed by atoms with E-state index in [1.165, 1.54) is 37.7 Å². The first-order chi connectivity index (χ1) is 17.1. The first kappa shape index (κ1) is 23.3. The molecule has 1 aromatic heterocycles. The molecule has 180 valence electrons. The van der Waals surface area contributed by atoms with E-state index in [4.69, 9.17) is 5.73 Å². The van der Waals surface area contributed by atoms with Gasteiger partial charge in [-0.15, -0.1) is 0 Å². The van der Waals surface area contributed by atoms with Crippen LogP contribution in [0.3, 0.4) is 0 Å². The van der Waals surface area contributed by atoms with Gasteiger partial charge in [0.2, 0.25) is 5.91 Å². The Bertz CT molecular complexity index is 1160. The molecule has 5 nitrogen and oxygen atoms in total. The van der Waals surface area contributed by atoms with Crippen LogP contribution in [0.1, 0.15) is 43.2 Å². The molecule has 1 amide bonds. The number of pyridine rings is 1. The normalized spacial score (nSPS) is 21.0. The molecule has 0 unspecified atom stereocenters. The average Bonchev–Trinajstić information content (AvgIpc) is 2.87. The minimum Gasteiger partial charge on any atom is -0.397 e. The molecule has 1 heterocycles. The van der Waals surface area contributed by atoms with Crippen LogP contribution in [0.5, 0.6) is 0 Å². The van der Waals surface area contributed by atoms with Crippen molar-refractivity contribution < 1.29 is 4.79 Å². The van der Waals surface area contributed by atoms with Crippen molar-refractivity contribution in [1.82, 2.24) is 10.3 Å². The van der Waals surface area contributed by atoms with Gasteiger partial charge in [-0.3, -0.25) is 9.78 Å². The number of benzene rings is 2. The first-order valence-corrected chi connectivity index (χ1v) is 12.7. The van der Waals surface area contributed by atoms with Gasteiger partial charge in [0.05, 0.1) is 11.4 Å². The van der Waals surface area contributed by atoms with Crippen molar-refractivity contribution >= 4 is 23.4 Å². The van der Waals surface area contributed by atoms with E-state index in [0.29, 0.717) is 11.4 Å². The summed E-state index contributed by atoms with van der Waals surface area (Å²) in [7, 11) is 0. The number of nitrogens with two attached hydrogens (primary N) is 1. The number of carbonyl (C=O) groups is 1. The lowest BCUT2D eigenvalue weighted by Crippen LogP contribution is -2.35. The van der Waals surface area contributed by atoms with E-state index in [1.54, 1.807) is 24.5 Å². The van der Waals surface area contributed by atoms with Gasteiger partial charge in [0.15, 0.2) is 0 Å². The van der Waals surface area contributed by atoms with Crippen LogP contribution in [-0.2, 0) is 11.3 Å². The van der Waals surface area contributed by atoms with Crippen molar-refractivity contribution in [3.05, 3.63) is 84.2 Å². The van der Waals surface area contributed by atoms with Crippen LogP contribution in [0.15, 0.2) is 73.1 Å². The van der Waals surface area contributed by atoms with Gasteiger partial charge in [0, 0.05) is 25.0 Å². The quantitative estimate of drug-likeness (QED) is 0.208. The summed E-state index contributed by atoms with van der Waals surface area (Å²) in [6.07, 6.45) is 14.1. The summed E-state index contributed by atoms with van der Waals surface area (Å²) in [5, 5.41) is 6.49. The monoisotopic (exact) mass is 466 g/mol. The van der Waals surface area contributed by atoms with Crippen LogP contribution < -0.4 is 16.4 Å². The van der Waals surface area contributed by atoms with Crippen LogP contribution in [0, 0.1) is 17.8 Å². The second kappa shape index (κ2) is 10.9. The van der Waals surface area contributed by atoms with Crippen molar-refractivity contribution in [2.75, 3.05) is 17.6 Å². The Kier molecular flexibility index (Phi) is 7.24.